The van der Waals surface area contributed by atoms with Crippen molar-refractivity contribution >= 4 is 16.8 Å². The maximum atomic E-state index is 12.8. The third-order valence-corrected chi connectivity index (χ3v) is 4.83. The Morgan fingerprint density at radius 1 is 1.17 bits per heavy atom. The molecular formula is C23H27N3O3. The van der Waals surface area contributed by atoms with Crippen LogP contribution >= 0.6 is 0 Å². The molecule has 1 N–H and O–H groups in total. The molecule has 1 amide bonds. The van der Waals surface area contributed by atoms with Crippen LogP contribution in [-0.4, -0.2) is 33.4 Å². The lowest BCUT2D eigenvalue weighted by Crippen LogP contribution is -2.38. The van der Waals surface area contributed by atoms with E-state index in [9.17, 15) is 9.59 Å². The Morgan fingerprint density at radius 2 is 1.93 bits per heavy atom. The number of nitrogens with zero attached hydrogens (tertiary/aromatic N) is 2. The zero-order chi connectivity index (χ0) is 21.0. The summed E-state index contributed by atoms with van der Waals surface area (Å²) < 4.78 is 5.80. The first-order valence-corrected chi connectivity index (χ1v) is 9.82. The predicted molar refractivity (Wildman–Crippen MR) is 114 cm³/mol. The first-order valence-electron chi connectivity index (χ1n) is 9.82. The third kappa shape index (κ3) is 5.02. The molecular weight excluding hydrogens is 366 g/mol. The average Bonchev–Trinajstić information content (AvgIpc) is 2.67. The zero-order valence-corrected chi connectivity index (χ0v) is 17.4. The molecule has 6 heteroatoms. The van der Waals surface area contributed by atoms with Gasteiger partial charge < -0.3 is 14.6 Å². The van der Waals surface area contributed by atoms with E-state index in [1.807, 2.05) is 45.9 Å². The fourth-order valence-electron chi connectivity index (χ4n) is 3.28. The molecule has 0 aliphatic rings. The van der Waals surface area contributed by atoms with Gasteiger partial charge in [0.05, 0.1) is 30.5 Å². The van der Waals surface area contributed by atoms with Gasteiger partial charge in [-0.25, -0.2) is 4.98 Å². The highest BCUT2D eigenvalue weighted by Crippen LogP contribution is 2.19. The largest absolute Gasteiger partial charge is 0.493 e. The monoisotopic (exact) mass is 393 g/mol. The topological polar surface area (TPSA) is 75.3 Å². The SMILES string of the molecule is Cc1ccc(OCCC(=O)N(Cc2nc3ccccc3c(=O)[nH]2)C(C)C)c(C)c1. The highest BCUT2D eigenvalue weighted by Gasteiger charge is 2.19. The van der Waals surface area contributed by atoms with E-state index in [1.165, 1.54) is 5.56 Å². The minimum absolute atomic E-state index is 0.0274. The van der Waals surface area contributed by atoms with Crippen LogP contribution in [-0.2, 0) is 11.3 Å². The molecule has 6 nitrogen and oxygen atoms in total. The fourth-order valence-corrected chi connectivity index (χ4v) is 3.28. The Hall–Kier alpha value is -3.15. The molecule has 1 aromatic heterocycles. The van der Waals surface area contributed by atoms with Gasteiger partial charge in [0.2, 0.25) is 5.91 Å². The molecule has 0 saturated carbocycles. The van der Waals surface area contributed by atoms with E-state index in [2.05, 4.69) is 16.0 Å². The summed E-state index contributed by atoms with van der Waals surface area (Å²) >= 11 is 0. The van der Waals surface area contributed by atoms with Gasteiger partial charge in [-0.2, -0.15) is 0 Å². The molecule has 0 unspecified atom stereocenters. The van der Waals surface area contributed by atoms with Crippen LogP contribution in [0.3, 0.4) is 0 Å². The van der Waals surface area contributed by atoms with Crippen LogP contribution in [0, 0.1) is 13.8 Å². The Bertz CT molecular complexity index is 1070. The van der Waals surface area contributed by atoms with Gasteiger partial charge in [-0.05, 0) is 51.5 Å². The number of para-hydroxylation sites is 1. The molecule has 1 heterocycles. The second kappa shape index (κ2) is 8.90. The molecule has 2 aromatic carbocycles. The number of hydrogen-bond acceptors (Lipinski definition) is 4. The van der Waals surface area contributed by atoms with Crippen LogP contribution in [0.15, 0.2) is 47.3 Å². The van der Waals surface area contributed by atoms with E-state index in [0.29, 0.717) is 23.3 Å². The number of aromatic amines is 1. The Kier molecular flexibility index (Phi) is 6.32. The van der Waals surface area contributed by atoms with Gasteiger partial charge in [-0.3, -0.25) is 9.59 Å². The number of carbonyl (C=O) groups excluding carboxylic acids is 1. The molecule has 0 saturated heterocycles. The van der Waals surface area contributed by atoms with Crippen LogP contribution in [0.5, 0.6) is 5.75 Å². The summed E-state index contributed by atoms with van der Waals surface area (Å²) in [5.41, 5.74) is 2.66. The van der Waals surface area contributed by atoms with Gasteiger partial charge in [0, 0.05) is 6.04 Å². The first-order chi connectivity index (χ1) is 13.8. The van der Waals surface area contributed by atoms with E-state index in [0.717, 1.165) is 11.3 Å². The fraction of sp³-hybridized carbons (Fsp3) is 0.348. The molecule has 0 fully saturated rings. The van der Waals surface area contributed by atoms with Crippen LogP contribution in [0.2, 0.25) is 0 Å². The molecule has 152 valence electrons. The summed E-state index contributed by atoms with van der Waals surface area (Å²) in [6, 6.07) is 13.1. The average molecular weight is 393 g/mol. The van der Waals surface area contributed by atoms with Crippen LogP contribution in [0.1, 0.15) is 37.2 Å². The van der Waals surface area contributed by atoms with E-state index >= 15 is 0 Å². The molecule has 0 aliphatic carbocycles. The van der Waals surface area contributed by atoms with Crippen LogP contribution < -0.4 is 10.3 Å². The Labute approximate surface area is 170 Å². The second-order valence-electron chi connectivity index (χ2n) is 7.51. The van der Waals surface area contributed by atoms with Crippen molar-refractivity contribution in [3.8, 4) is 5.75 Å². The molecule has 0 aliphatic heterocycles. The summed E-state index contributed by atoms with van der Waals surface area (Å²) in [7, 11) is 0. The number of carbonyl (C=O) groups is 1. The van der Waals surface area contributed by atoms with E-state index in [-0.39, 0.29) is 30.5 Å². The zero-order valence-electron chi connectivity index (χ0n) is 17.4. The lowest BCUT2D eigenvalue weighted by atomic mass is 10.1. The van der Waals surface area contributed by atoms with Gasteiger partial charge in [-0.1, -0.05) is 29.8 Å². The van der Waals surface area contributed by atoms with Crippen molar-refractivity contribution in [3.63, 3.8) is 0 Å². The van der Waals surface area contributed by atoms with Crippen LogP contribution in [0.4, 0.5) is 0 Å². The molecule has 0 atom stereocenters. The summed E-state index contributed by atoms with van der Waals surface area (Å²) in [4.78, 5) is 34.1. The number of benzene rings is 2. The predicted octanol–water partition coefficient (Wildman–Crippen LogP) is 3.75. The quantitative estimate of drug-likeness (QED) is 0.663. The van der Waals surface area contributed by atoms with Crippen LogP contribution in [0.25, 0.3) is 10.9 Å². The normalized spacial score (nSPS) is 11.1. The van der Waals surface area contributed by atoms with Gasteiger partial charge in [0.25, 0.3) is 5.56 Å². The minimum Gasteiger partial charge on any atom is -0.493 e. The number of hydrogen-bond donors (Lipinski definition) is 1. The smallest absolute Gasteiger partial charge is 0.258 e. The van der Waals surface area contributed by atoms with Gasteiger partial charge in [-0.15, -0.1) is 0 Å². The third-order valence-electron chi connectivity index (χ3n) is 4.83. The number of rotatable bonds is 7. The number of aryl methyl sites for hydroxylation is 2. The summed E-state index contributed by atoms with van der Waals surface area (Å²) in [5, 5.41) is 0.542. The van der Waals surface area contributed by atoms with Crippen molar-refractivity contribution in [2.75, 3.05) is 6.61 Å². The molecule has 3 aromatic rings. The summed E-state index contributed by atoms with van der Waals surface area (Å²) in [6.45, 7) is 8.47. The molecule has 0 spiro atoms. The van der Waals surface area contributed by atoms with E-state index < -0.39 is 0 Å². The molecule has 0 bridgehead atoms. The Morgan fingerprint density at radius 3 is 2.66 bits per heavy atom. The first kappa shape index (κ1) is 20.6. The highest BCUT2D eigenvalue weighted by molar-refractivity contribution is 5.78. The van der Waals surface area contributed by atoms with Crippen molar-refractivity contribution in [1.29, 1.82) is 0 Å². The number of H-pyrrole nitrogens is 1. The standard InChI is InChI=1S/C23H27N3O3/c1-15(2)26(14-21-24-19-8-6-5-7-18(19)23(28)25-21)22(27)11-12-29-20-10-9-16(3)13-17(20)4/h5-10,13,15H,11-12,14H2,1-4H3,(H,24,25,28). The number of ether oxygens (including phenoxy) is 1. The minimum atomic E-state index is -0.195. The summed E-state index contributed by atoms with van der Waals surface area (Å²) in [5.74, 6) is 1.23. The van der Waals surface area contributed by atoms with Crippen molar-refractivity contribution in [2.24, 2.45) is 0 Å². The second-order valence-corrected chi connectivity index (χ2v) is 7.51. The van der Waals surface area contributed by atoms with Crippen molar-refractivity contribution < 1.29 is 9.53 Å². The van der Waals surface area contributed by atoms with E-state index in [4.69, 9.17) is 4.74 Å². The van der Waals surface area contributed by atoms with Crippen molar-refractivity contribution in [1.82, 2.24) is 14.9 Å². The highest BCUT2D eigenvalue weighted by atomic mass is 16.5. The maximum Gasteiger partial charge on any atom is 0.258 e. The lowest BCUT2D eigenvalue weighted by Gasteiger charge is -2.26. The number of fused-ring (bicyclic) bond motifs is 1. The number of amides is 1. The van der Waals surface area contributed by atoms with Crippen molar-refractivity contribution in [2.45, 2.75) is 46.7 Å². The lowest BCUT2D eigenvalue weighted by molar-refractivity contribution is -0.134. The van der Waals surface area contributed by atoms with Gasteiger partial charge >= 0.3 is 0 Å². The number of nitrogens with one attached hydrogen (secondary N) is 1. The molecule has 0 radical (unpaired) electrons. The number of aromatic nitrogens is 2. The molecule has 3 rings (SSSR count). The molecule has 29 heavy (non-hydrogen) atoms. The Balaban J connectivity index is 1.67. The summed E-state index contributed by atoms with van der Waals surface area (Å²) in [6.07, 6.45) is 0.253. The van der Waals surface area contributed by atoms with Gasteiger partial charge in [0.15, 0.2) is 0 Å². The van der Waals surface area contributed by atoms with Crippen molar-refractivity contribution in [3.05, 3.63) is 69.8 Å². The maximum absolute atomic E-state index is 12.8. The van der Waals surface area contributed by atoms with E-state index in [1.54, 1.807) is 23.1 Å². The van der Waals surface area contributed by atoms with Gasteiger partial charge in [0.1, 0.15) is 11.6 Å².